The lowest BCUT2D eigenvalue weighted by Gasteiger charge is -2.17. The highest BCUT2D eigenvalue weighted by Gasteiger charge is 2.27. The van der Waals surface area contributed by atoms with Crippen LogP contribution in [0.1, 0.15) is 11.3 Å². The van der Waals surface area contributed by atoms with Crippen LogP contribution in [-0.4, -0.2) is 0 Å². The number of para-hydroxylation sites is 1. The standard InChI is InChI=1S/C17H10O2/c1-2-6-13-11(5-1)12-9-8-10-4-3-7-14-15(10)16(12)17(18-13)19-14/h1-3,5-9H,4H2. The predicted octanol–water partition coefficient (Wildman–Crippen LogP) is 4.77. The van der Waals surface area contributed by atoms with Gasteiger partial charge in [0.25, 0.3) is 5.95 Å². The maximum Gasteiger partial charge on any atom is 0.299 e. The third-order valence-corrected chi connectivity index (χ3v) is 3.93. The van der Waals surface area contributed by atoms with Crippen molar-refractivity contribution in [3.8, 4) is 22.8 Å². The molecule has 0 saturated carbocycles. The molecule has 90 valence electrons. The Morgan fingerprint density at radius 2 is 1.84 bits per heavy atom. The van der Waals surface area contributed by atoms with E-state index in [0.29, 0.717) is 5.95 Å². The summed E-state index contributed by atoms with van der Waals surface area (Å²) < 4.78 is 11.8. The number of ether oxygens (including phenoxy) is 1. The first kappa shape index (κ1) is 9.45. The molecule has 19 heavy (non-hydrogen) atoms. The van der Waals surface area contributed by atoms with Gasteiger partial charge in [-0.1, -0.05) is 36.4 Å². The smallest absolute Gasteiger partial charge is 0.299 e. The molecule has 1 aliphatic carbocycles. The van der Waals surface area contributed by atoms with E-state index in [0.717, 1.165) is 28.9 Å². The fourth-order valence-electron chi connectivity index (χ4n) is 3.10. The fraction of sp³-hybridized carbons (Fsp3) is 0.0588. The summed E-state index contributed by atoms with van der Waals surface area (Å²) in [5, 5.41) is 2.33. The van der Waals surface area contributed by atoms with E-state index in [9.17, 15) is 0 Å². The van der Waals surface area contributed by atoms with Crippen molar-refractivity contribution in [3.63, 3.8) is 0 Å². The molecule has 2 nitrogen and oxygen atoms in total. The van der Waals surface area contributed by atoms with Crippen molar-refractivity contribution >= 4 is 16.8 Å². The lowest BCUT2D eigenvalue weighted by Crippen LogP contribution is -1.95. The van der Waals surface area contributed by atoms with E-state index < -0.39 is 0 Å². The van der Waals surface area contributed by atoms with Crippen LogP contribution in [0, 0.1) is 0 Å². The molecular formula is C17H10O2. The number of hydrogen-bond donors (Lipinski definition) is 0. The Kier molecular flexibility index (Phi) is 1.54. The highest BCUT2D eigenvalue weighted by molar-refractivity contribution is 6.08. The van der Waals surface area contributed by atoms with Crippen molar-refractivity contribution in [2.24, 2.45) is 0 Å². The van der Waals surface area contributed by atoms with E-state index in [1.807, 2.05) is 24.3 Å². The zero-order valence-corrected chi connectivity index (χ0v) is 10.1. The summed E-state index contributed by atoms with van der Waals surface area (Å²) in [4.78, 5) is 0. The van der Waals surface area contributed by atoms with Crippen molar-refractivity contribution in [2.45, 2.75) is 6.42 Å². The minimum absolute atomic E-state index is 0.632. The Morgan fingerprint density at radius 1 is 0.895 bits per heavy atom. The van der Waals surface area contributed by atoms with Gasteiger partial charge in [-0.25, -0.2) is 0 Å². The normalized spacial score (nSPS) is 14.3. The molecule has 3 aromatic rings. The summed E-state index contributed by atoms with van der Waals surface area (Å²) in [7, 11) is 0. The zero-order chi connectivity index (χ0) is 12.4. The fourth-order valence-corrected chi connectivity index (χ4v) is 3.10. The van der Waals surface area contributed by atoms with Crippen molar-refractivity contribution in [1.82, 2.24) is 0 Å². The molecule has 0 saturated heterocycles. The van der Waals surface area contributed by atoms with E-state index in [2.05, 4.69) is 24.3 Å². The van der Waals surface area contributed by atoms with E-state index in [1.54, 1.807) is 0 Å². The molecule has 0 N–H and O–H groups in total. The number of benzene rings is 2. The molecule has 1 aliphatic heterocycles. The second-order valence-corrected chi connectivity index (χ2v) is 4.98. The highest BCUT2D eigenvalue weighted by atomic mass is 16.6. The van der Waals surface area contributed by atoms with Gasteiger partial charge in [0.05, 0.1) is 5.39 Å². The summed E-state index contributed by atoms with van der Waals surface area (Å²) >= 11 is 0. The lowest BCUT2D eigenvalue weighted by molar-refractivity contribution is 0.348. The molecule has 1 aromatic heterocycles. The summed E-state index contributed by atoms with van der Waals surface area (Å²) in [5.74, 6) is 2.42. The van der Waals surface area contributed by atoms with Gasteiger partial charge < -0.3 is 9.15 Å². The van der Waals surface area contributed by atoms with E-state index in [1.165, 1.54) is 16.5 Å². The largest absolute Gasteiger partial charge is 0.425 e. The molecule has 0 fully saturated rings. The monoisotopic (exact) mass is 246 g/mol. The highest BCUT2D eigenvalue weighted by Crippen LogP contribution is 2.50. The van der Waals surface area contributed by atoms with Crippen LogP contribution in [0.5, 0.6) is 11.7 Å². The van der Waals surface area contributed by atoms with Crippen LogP contribution >= 0.6 is 0 Å². The Bertz CT molecular complexity index is 868. The topological polar surface area (TPSA) is 22.4 Å². The first-order chi connectivity index (χ1) is 9.42. The summed E-state index contributed by atoms with van der Waals surface area (Å²) in [6.07, 6.45) is 5.14. The number of allylic oxidation sites excluding steroid dienone is 1. The van der Waals surface area contributed by atoms with Crippen molar-refractivity contribution in [2.75, 3.05) is 0 Å². The molecule has 0 unspecified atom stereocenters. The van der Waals surface area contributed by atoms with E-state index in [4.69, 9.17) is 9.15 Å². The summed E-state index contributed by atoms with van der Waals surface area (Å²) in [6, 6.07) is 12.5. The number of furan rings is 1. The number of fused-ring (bicyclic) bond motifs is 2. The molecule has 2 heterocycles. The molecule has 0 atom stereocenters. The molecule has 2 aliphatic rings. The first-order valence-corrected chi connectivity index (χ1v) is 6.44. The Morgan fingerprint density at radius 3 is 2.84 bits per heavy atom. The number of rotatable bonds is 0. The predicted molar refractivity (Wildman–Crippen MR) is 74.5 cm³/mol. The summed E-state index contributed by atoms with van der Waals surface area (Å²) in [5.41, 5.74) is 3.67. The van der Waals surface area contributed by atoms with Gasteiger partial charge in [0.15, 0.2) is 0 Å². The van der Waals surface area contributed by atoms with Crippen LogP contribution in [0.4, 0.5) is 0 Å². The minimum atomic E-state index is 0.632. The number of hydrogen-bond acceptors (Lipinski definition) is 2. The molecule has 2 aromatic carbocycles. The molecule has 2 heteroatoms. The van der Waals surface area contributed by atoms with Crippen LogP contribution in [-0.2, 0) is 6.42 Å². The van der Waals surface area contributed by atoms with Crippen molar-refractivity contribution in [1.29, 1.82) is 0 Å². The third kappa shape index (κ3) is 1.07. The van der Waals surface area contributed by atoms with Gasteiger partial charge in [0, 0.05) is 16.5 Å². The molecular weight excluding hydrogens is 236 g/mol. The van der Waals surface area contributed by atoms with E-state index in [-0.39, 0.29) is 0 Å². The minimum Gasteiger partial charge on any atom is -0.425 e. The van der Waals surface area contributed by atoms with Crippen LogP contribution in [0.2, 0.25) is 0 Å². The first-order valence-electron chi connectivity index (χ1n) is 6.44. The maximum atomic E-state index is 5.91. The molecule has 0 spiro atoms. The second-order valence-electron chi connectivity index (χ2n) is 4.98. The van der Waals surface area contributed by atoms with Gasteiger partial charge in [0.2, 0.25) is 0 Å². The summed E-state index contributed by atoms with van der Waals surface area (Å²) in [6.45, 7) is 0. The Balaban J connectivity index is 2.00. The maximum absolute atomic E-state index is 5.91. The zero-order valence-electron chi connectivity index (χ0n) is 10.1. The molecule has 0 bridgehead atoms. The van der Waals surface area contributed by atoms with Crippen LogP contribution in [0.25, 0.3) is 28.0 Å². The third-order valence-electron chi connectivity index (χ3n) is 3.93. The van der Waals surface area contributed by atoms with Gasteiger partial charge >= 0.3 is 0 Å². The van der Waals surface area contributed by atoms with Crippen LogP contribution < -0.4 is 4.74 Å². The van der Waals surface area contributed by atoms with Crippen molar-refractivity contribution < 1.29 is 9.15 Å². The quantitative estimate of drug-likeness (QED) is 0.445. The van der Waals surface area contributed by atoms with Gasteiger partial charge in [-0.15, -0.1) is 0 Å². The lowest BCUT2D eigenvalue weighted by atomic mass is 9.92. The second kappa shape index (κ2) is 3.09. The molecule has 5 rings (SSSR count). The Hall–Kier alpha value is -2.48. The van der Waals surface area contributed by atoms with E-state index >= 15 is 0 Å². The van der Waals surface area contributed by atoms with Crippen LogP contribution in [0.3, 0.4) is 0 Å². The average Bonchev–Trinajstić information content (AvgIpc) is 2.83. The van der Waals surface area contributed by atoms with Gasteiger partial charge in [-0.3, -0.25) is 0 Å². The average molecular weight is 246 g/mol. The van der Waals surface area contributed by atoms with Gasteiger partial charge in [-0.2, -0.15) is 0 Å². The van der Waals surface area contributed by atoms with Crippen molar-refractivity contribution in [3.05, 3.63) is 53.8 Å². The van der Waals surface area contributed by atoms with Gasteiger partial charge in [-0.05, 0) is 24.1 Å². The molecule has 0 radical (unpaired) electrons. The Labute approximate surface area is 109 Å². The SMILES string of the molecule is C1=Cc2oc3c4c(ccc(c24)C1)-c1ccccc1O3. The van der Waals surface area contributed by atoms with Gasteiger partial charge in [0.1, 0.15) is 11.5 Å². The molecule has 0 amide bonds. The van der Waals surface area contributed by atoms with Crippen LogP contribution in [0.15, 0.2) is 46.9 Å².